The second-order valence-electron chi connectivity index (χ2n) is 2.91. The van der Waals surface area contributed by atoms with E-state index in [0.29, 0.717) is 0 Å². The molecule has 12 heteroatoms. The summed E-state index contributed by atoms with van der Waals surface area (Å²) in [6.45, 7) is 0. The average molecular weight is 433 g/mol. The minimum absolute atomic E-state index is 0.149. The molecule has 0 aliphatic carbocycles. The quantitative estimate of drug-likeness (QED) is 0.466. The standard InChI is InChI=1S/C6Br2ClF8N/c7-2(10,1-18)5(13,14)3(8,11)4(9,12)6(15,16)17/t2-,3+,4+/m1/s1. The van der Waals surface area contributed by atoms with E-state index in [1.807, 2.05) is 0 Å². The third kappa shape index (κ3) is 2.43. The van der Waals surface area contributed by atoms with Gasteiger partial charge >= 0.3 is 21.8 Å². The molecule has 0 bridgehead atoms. The summed E-state index contributed by atoms with van der Waals surface area (Å²) in [6.07, 6.45) is -6.30. The first-order valence-corrected chi connectivity index (χ1v) is 5.52. The van der Waals surface area contributed by atoms with Crippen molar-refractivity contribution in [2.45, 2.75) is 26.4 Å². The zero-order valence-electron chi connectivity index (χ0n) is 7.60. The Balaban J connectivity index is 5.90. The summed E-state index contributed by atoms with van der Waals surface area (Å²) in [5.41, 5.74) is 0. The zero-order chi connectivity index (χ0) is 15.2. The minimum atomic E-state index is -6.30. The van der Waals surface area contributed by atoms with Crippen LogP contribution in [0.25, 0.3) is 0 Å². The Morgan fingerprint density at radius 1 is 0.889 bits per heavy atom. The van der Waals surface area contributed by atoms with Crippen molar-refractivity contribution < 1.29 is 35.1 Å². The lowest BCUT2D eigenvalue weighted by Gasteiger charge is -2.38. The van der Waals surface area contributed by atoms with Gasteiger partial charge in [-0.05, 0) is 31.9 Å². The van der Waals surface area contributed by atoms with Gasteiger partial charge in [-0.3, -0.25) is 0 Å². The van der Waals surface area contributed by atoms with Gasteiger partial charge in [0.25, 0.3) is 4.58 Å². The molecule has 0 heterocycles. The van der Waals surface area contributed by atoms with Gasteiger partial charge in [0.1, 0.15) is 6.07 Å². The smallest absolute Gasteiger partial charge is 0.219 e. The van der Waals surface area contributed by atoms with E-state index in [2.05, 4.69) is 11.6 Å². The molecule has 0 saturated heterocycles. The highest BCUT2D eigenvalue weighted by Gasteiger charge is 2.82. The zero-order valence-corrected chi connectivity index (χ0v) is 11.5. The third-order valence-corrected chi connectivity index (χ3v) is 4.10. The third-order valence-electron chi connectivity index (χ3n) is 1.68. The lowest BCUT2D eigenvalue weighted by atomic mass is 10.0. The first-order valence-electron chi connectivity index (χ1n) is 3.55. The minimum Gasteiger partial charge on any atom is -0.219 e. The maximum atomic E-state index is 13.3. The van der Waals surface area contributed by atoms with Gasteiger partial charge in [0.2, 0.25) is 0 Å². The lowest BCUT2D eigenvalue weighted by Crippen LogP contribution is -2.64. The van der Waals surface area contributed by atoms with Gasteiger partial charge in [-0.15, -0.1) is 0 Å². The molecule has 18 heavy (non-hydrogen) atoms. The molecule has 0 radical (unpaired) electrons. The highest BCUT2D eigenvalue weighted by atomic mass is 79.9. The molecule has 0 fully saturated rings. The predicted molar refractivity (Wildman–Crippen MR) is 51.8 cm³/mol. The average Bonchev–Trinajstić information content (AvgIpc) is 2.15. The topological polar surface area (TPSA) is 23.8 Å². The molecule has 0 aliphatic heterocycles. The van der Waals surface area contributed by atoms with E-state index in [1.54, 1.807) is 0 Å². The van der Waals surface area contributed by atoms with E-state index < -0.39 is 26.4 Å². The van der Waals surface area contributed by atoms with Crippen molar-refractivity contribution in [1.82, 2.24) is 0 Å². The van der Waals surface area contributed by atoms with Crippen LogP contribution in [0.2, 0.25) is 0 Å². The molecule has 0 amide bonds. The van der Waals surface area contributed by atoms with Crippen LogP contribution in [0.4, 0.5) is 35.1 Å². The fraction of sp³-hybridized carbons (Fsp3) is 0.833. The van der Waals surface area contributed by atoms with Crippen molar-refractivity contribution in [3.05, 3.63) is 0 Å². The van der Waals surface area contributed by atoms with Crippen LogP contribution in [0.1, 0.15) is 0 Å². The van der Waals surface area contributed by atoms with Gasteiger partial charge in [-0.2, -0.15) is 27.2 Å². The van der Waals surface area contributed by atoms with Crippen molar-refractivity contribution in [3.8, 4) is 6.07 Å². The summed E-state index contributed by atoms with van der Waals surface area (Å²) in [4.78, 5) is 0. The van der Waals surface area contributed by atoms with Gasteiger partial charge in [0, 0.05) is 0 Å². The Labute approximate surface area is 116 Å². The van der Waals surface area contributed by atoms with E-state index >= 15 is 0 Å². The number of halogens is 11. The molecule has 0 aromatic carbocycles. The highest BCUT2D eigenvalue weighted by molar-refractivity contribution is 9.10. The largest absolute Gasteiger partial charge is 0.441 e. The lowest BCUT2D eigenvalue weighted by molar-refractivity contribution is -0.261. The van der Waals surface area contributed by atoms with Gasteiger partial charge in [0.15, 0.2) is 0 Å². The maximum Gasteiger partial charge on any atom is 0.441 e. The van der Waals surface area contributed by atoms with E-state index in [-0.39, 0.29) is 6.07 Å². The molecule has 0 spiro atoms. The molecule has 0 aromatic rings. The van der Waals surface area contributed by atoms with Crippen LogP contribution in [-0.4, -0.2) is 26.4 Å². The second kappa shape index (κ2) is 4.63. The fourth-order valence-electron chi connectivity index (χ4n) is 0.643. The Kier molecular flexibility index (Phi) is 4.67. The van der Waals surface area contributed by atoms with E-state index in [0.717, 1.165) is 15.9 Å². The molecule has 1 nitrogen and oxygen atoms in total. The van der Waals surface area contributed by atoms with Crippen LogP contribution in [0.15, 0.2) is 0 Å². The second-order valence-corrected chi connectivity index (χ2v) is 5.61. The molecular formula is C6Br2ClF8N. The van der Waals surface area contributed by atoms with Crippen LogP contribution in [-0.2, 0) is 0 Å². The van der Waals surface area contributed by atoms with Gasteiger partial charge < -0.3 is 0 Å². The van der Waals surface area contributed by atoms with E-state index in [1.165, 1.54) is 15.9 Å². The maximum absolute atomic E-state index is 13.3. The van der Waals surface area contributed by atoms with Gasteiger partial charge in [-0.25, -0.2) is 13.2 Å². The van der Waals surface area contributed by atoms with Crippen LogP contribution in [0.5, 0.6) is 0 Å². The van der Waals surface area contributed by atoms with Crippen LogP contribution in [0, 0.1) is 11.3 Å². The summed E-state index contributed by atoms with van der Waals surface area (Å²) < 4.78 is 91.5. The fourth-order valence-corrected chi connectivity index (χ4v) is 1.80. The van der Waals surface area contributed by atoms with Gasteiger partial charge in [-0.1, -0.05) is 11.6 Å². The number of alkyl halides is 11. The van der Waals surface area contributed by atoms with Crippen molar-refractivity contribution in [2.75, 3.05) is 0 Å². The molecule has 0 rings (SSSR count). The summed E-state index contributed by atoms with van der Waals surface area (Å²) in [6, 6.07) is 0.149. The van der Waals surface area contributed by atoms with E-state index in [9.17, 15) is 35.1 Å². The summed E-state index contributed by atoms with van der Waals surface area (Å²) in [7, 11) is 0. The molecule has 3 atom stereocenters. The van der Waals surface area contributed by atoms with Crippen molar-refractivity contribution in [3.63, 3.8) is 0 Å². The van der Waals surface area contributed by atoms with Crippen molar-refractivity contribution in [2.24, 2.45) is 0 Å². The summed E-state index contributed by atoms with van der Waals surface area (Å²) in [5.74, 6) is -5.80. The Hall–Kier alpha value is 0.180. The van der Waals surface area contributed by atoms with Crippen LogP contribution < -0.4 is 0 Å². The number of nitrogens with zero attached hydrogens (tertiary/aromatic N) is 1. The molecular weight excluding hydrogens is 433 g/mol. The molecule has 0 unspecified atom stereocenters. The van der Waals surface area contributed by atoms with Crippen LogP contribution >= 0.6 is 43.5 Å². The molecule has 106 valence electrons. The summed E-state index contributed by atoms with van der Waals surface area (Å²) >= 11 is 6.49. The van der Waals surface area contributed by atoms with Crippen molar-refractivity contribution in [1.29, 1.82) is 5.26 Å². The number of rotatable bonds is 3. The van der Waals surface area contributed by atoms with Gasteiger partial charge in [0.05, 0.1) is 0 Å². The normalized spacial score (nSPS) is 23.4. The van der Waals surface area contributed by atoms with E-state index in [4.69, 9.17) is 5.26 Å². The highest BCUT2D eigenvalue weighted by Crippen LogP contribution is 2.61. The predicted octanol–water partition coefficient (Wildman–Crippen LogP) is 4.73. The first-order chi connectivity index (χ1) is 7.56. The number of hydrogen-bond acceptors (Lipinski definition) is 1. The first kappa shape index (κ1) is 18.2. The van der Waals surface area contributed by atoms with Crippen LogP contribution in [0.3, 0.4) is 0 Å². The monoisotopic (exact) mass is 431 g/mol. The Bertz CT molecular complexity index is 371. The Morgan fingerprint density at radius 2 is 1.22 bits per heavy atom. The summed E-state index contributed by atoms with van der Waals surface area (Å²) in [5, 5.41) is 2.30. The number of hydrogen-bond donors (Lipinski definition) is 0. The molecule has 0 saturated carbocycles. The van der Waals surface area contributed by atoms with Crippen molar-refractivity contribution >= 4 is 43.5 Å². The SMILES string of the molecule is N#C[C@](F)(Br)C(F)(F)[C@](F)(Br)[C@@](F)(Cl)C(F)(F)F. The Morgan fingerprint density at radius 3 is 1.44 bits per heavy atom. The molecule has 0 aromatic heterocycles. The molecule has 0 N–H and O–H groups in total. The molecule has 0 aliphatic rings. The number of nitriles is 1.